The zero-order chi connectivity index (χ0) is 9.68. The highest BCUT2D eigenvalue weighted by molar-refractivity contribution is 6.28. The summed E-state index contributed by atoms with van der Waals surface area (Å²) >= 11 is 0. The van der Waals surface area contributed by atoms with E-state index in [0.29, 0.717) is 9.76 Å². The molecule has 0 bridgehead atoms. The second-order valence-electron chi connectivity index (χ2n) is 3.22. The Bertz CT molecular complexity index is 251. The van der Waals surface area contributed by atoms with Gasteiger partial charge >= 0.3 is 9.76 Å². The third-order valence-electron chi connectivity index (χ3n) is 1.94. The molecule has 0 saturated carbocycles. The summed E-state index contributed by atoms with van der Waals surface area (Å²) in [5.74, 6) is 1.08. The first-order valence-electron chi connectivity index (χ1n) is 4.71. The minimum absolute atomic E-state index is 0.602. The van der Waals surface area contributed by atoms with E-state index in [0.717, 1.165) is 11.8 Å². The van der Waals surface area contributed by atoms with Crippen LogP contribution in [0, 0.1) is 13.8 Å². The van der Waals surface area contributed by atoms with Crippen LogP contribution in [0.4, 0.5) is 0 Å². The third-order valence-corrected chi connectivity index (χ3v) is 2.99. The van der Waals surface area contributed by atoms with Crippen LogP contribution in [0.3, 0.4) is 0 Å². The van der Waals surface area contributed by atoms with Crippen molar-refractivity contribution < 1.29 is 4.43 Å². The molecule has 0 aromatic heterocycles. The van der Waals surface area contributed by atoms with E-state index in [2.05, 4.69) is 39.0 Å². The first kappa shape index (κ1) is 10.3. The summed E-state index contributed by atoms with van der Waals surface area (Å²) in [5.41, 5.74) is 2.48. The monoisotopic (exact) mass is 192 g/mol. The molecule has 0 heterocycles. The molecule has 70 valence electrons. The van der Waals surface area contributed by atoms with Gasteiger partial charge in [-0.25, -0.2) is 0 Å². The maximum atomic E-state index is 5.74. The van der Waals surface area contributed by atoms with Gasteiger partial charge in [0.15, 0.2) is 0 Å². The van der Waals surface area contributed by atoms with Crippen LogP contribution in [0.1, 0.15) is 24.5 Å². The molecule has 1 rings (SSSR count). The van der Waals surface area contributed by atoms with Crippen LogP contribution < -0.4 is 4.43 Å². The van der Waals surface area contributed by atoms with Crippen molar-refractivity contribution in [1.29, 1.82) is 0 Å². The molecule has 0 saturated heterocycles. The van der Waals surface area contributed by atoms with Crippen molar-refractivity contribution in [1.82, 2.24) is 0 Å². The second-order valence-corrected chi connectivity index (χ2v) is 4.21. The number of benzene rings is 1. The molecule has 0 unspecified atom stereocenters. The maximum absolute atomic E-state index is 5.74. The van der Waals surface area contributed by atoms with Gasteiger partial charge in [-0.15, -0.1) is 0 Å². The standard InChI is InChI=1S/C11H16OSi/c1-4-8-13-12-11-9(2)6-5-7-10(11)3/h5-7H,4,8H2,1-3H3. The van der Waals surface area contributed by atoms with Gasteiger partial charge in [0.1, 0.15) is 5.75 Å². The Balaban J connectivity index is 2.64. The normalized spacial score (nSPS) is 10.1. The summed E-state index contributed by atoms with van der Waals surface area (Å²) in [6.07, 6.45) is 1.20. The zero-order valence-electron chi connectivity index (χ0n) is 8.55. The smallest absolute Gasteiger partial charge is 0.310 e. The van der Waals surface area contributed by atoms with Gasteiger partial charge in [-0.05, 0) is 31.0 Å². The molecule has 0 aliphatic rings. The molecule has 0 aliphatic carbocycles. The van der Waals surface area contributed by atoms with Gasteiger partial charge in [0, 0.05) is 0 Å². The van der Waals surface area contributed by atoms with Crippen LogP contribution in [0.25, 0.3) is 0 Å². The van der Waals surface area contributed by atoms with E-state index >= 15 is 0 Å². The highest BCUT2D eigenvalue weighted by Gasteiger charge is 2.02. The Morgan fingerprint density at radius 3 is 2.38 bits per heavy atom. The molecule has 1 aromatic rings. The van der Waals surface area contributed by atoms with Crippen LogP contribution in [-0.2, 0) is 0 Å². The molecule has 1 nitrogen and oxygen atoms in total. The molecule has 2 radical (unpaired) electrons. The average Bonchev–Trinajstić information content (AvgIpc) is 2.10. The van der Waals surface area contributed by atoms with Gasteiger partial charge in [-0.3, -0.25) is 0 Å². The largest absolute Gasteiger partial charge is 0.541 e. The Labute approximate surface area is 83.1 Å². The van der Waals surface area contributed by atoms with E-state index in [4.69, 9.17) is 4.43 Å². The SMILES string of the molecule is CCC[Si]Oc1c(C)cccc1C. The molecular weight excluding hydrogens is 176 g/mol. The fourth-order valence-electron chi connectivity index (χ4n) is 1.19. The molecule has 13 heavy (non-hydrogen) atoms. The van der Waals surface area contributed by atoms with Crippen LogP contribution in [0.15, 0.2) is 18.2 Å². The Kier molecular flexibility index (Phi) is 4.03. The lowest BCUT2D eigenvalue weighted by Crippen LogP contribution is -2.03. The molecule has 2 heteroatoms. The summed E-state index contributed by atoms with van der Waals surface area (Å²) in [4.78, 5) is 0. The van der Waals surface area contributed by atoms with Gasteiger partial charge < -0.3 is 4.43 Å². The van der Waals surface area contributed by atoms with Crippen molar-refractivity contribution in [2.45, 2.75) is 33.2 Å². The van der Waals surface area contributed by atoms with Gasteiger partial charge in [-0.2, -0.15) is 0 Å². The molecular formula is C11H16OSi. The van der Waals surface area contributed by atoms with Crippen molar-refractivity contribution in [3.63, 3.8) is 0 Å². The van der Waals surface area contributed by atoms with Crippen molar-refractivity contribution >= 4 is 9.76 Å². The van der Waals surface area contributed by atoms with E-state index in [1.165, 1.54) is 17.5 Å². The van der Waals surface area contributed by atoms with E-state index in [1.807, 2.05) is 0 Å². The van der Waals surface area contributed by atoms with Crippen molar-refractivity contribution in [2.75, 3.05) is 0 Å². The third kappa shape index (κ3) is 2.88. The fourth-order valence-corrected chi connectivity index (χ4v) is 1.96. The Morgan fingerprint density at radius 1 is 1.23 bits per heavy atom. The van der Waals surface area contributed by atoms with E-state index in [1.54, 1.807) is 0 Å². The van der Waals surface area contributed by atoms with Crippen molar-refractivity contribution in [3.05, 3.63) is 29.3 Å². The molecule has 0 fully saturated rings. The number of rotatable bonds is 4. The molecule has 0 N–H and O–H groups in total. The van der Waals surface area contributed by atoms with Gasteiger partial charge in [-0.1, -0.05) is 31.5 Å². The summed E-state index contributed by atoms with van der Waals surface area (Å²) in [6.45, 7) is 6.37. The predicted octanol–water partition coefficient (Wildman–Crippen LogP) is 3.13. The highest BCUT2D eigenvalue weighted by Crippen LogP contribution is 2.21. The van der Waals surface area contributed by atoms with E-state index in [9.17, 15) is 0 Å². The number of hydrogen-bond acceptors (Lipinski definition) is 1. The quantitative estimate of drug-likeness (QED) is 0.526. The van der Waals surface area contributed by atoms with E-state index < -0.39 is 0 Å². The van der Waals surface area contributed by atoms with Crippen LogP contribution >= 0.6 is 0 Å². The molecule has 0 aliphatic heterocycles. The molecule has 1 aromatic carbocycles. The van der Waals surface area contributed by atoms with Crippen molar-refractivity contribution in [2.24, 2.45) is 0 Å². The average molecular weight is 192 g/mol. The summed E-state index contributed by atoms with van der Waals surface area (Å²) < 4.78 is 5.74. The first-order valence-corrected chi connectivity index (χ1v) is 5.83. The molecule has 0 amide bonds. The van der Waals surface area contributed by atoms with Gasteiger partial charge in [0.2, 0.25) is 0 Å². The van der Waals surface area contributed by atoms with Gasteiger partial charge in [0.25, 0.3) is 0 Å². The number of para-hydroxylation sites is 1. The minimum Gasteiger partial charge on any atom is -0.541 e. The van der Waals surface area contributed by atoms with Crippen LogP contribution in [-0.4, -0.2) is 9.76 Å². The predicted molar refractivity (Wildman–Crippen MR) is 57.4 cm³/mol. The lowest BCUT2D eigenvalue weighted by atomic mass is 10.1. The lowest BCUT2D eigenvalue weighted by molar-refractivity contribution is 0.580. The number of hydrogen-bond donors (Lipinski definition) is 0. The molecule has 0 spiro atoms. The summed E-state index contributed by atoms with van der Waals surface area (Å²) in [6, 6.07) is 7.42. The summed E-state index contributed by atoms with van der Waals surface area (Å²) in [7, 11) is 0.602. The summed E-state index contributed by atoms with van der Waals surface area (Å²) in [5, 5.41) is 0. The first-order chi connectivity index (χ1) is 6.25. The minimum atomic E-state index is 0.602. The number of aryl methyl sites for hydroxylation is 2. The van der Waals surface area contributed by atoms with Crippen LogP contribution in [0.2, 0.25) is 6.04 Å². The zero-order valence-corrected chi connectivity index (χ0v) is 9.55. The fraction of sp³-hybridized carbons (Fsp3) is 0.455. The maximum Gasteiger partial charge on any atom is 0.310 e. The highest BCUT2D eigenvalue weighted by atomic mass is 28.2. The Morgan fingerprint density at radius 2 is 1.85 bits per heavy atom. The van der Waals surface area contributed by atoms with Gasteiger partial charge in [0.05, 0.1) is 0 Å². The lowest BCUT2D eigenvalue weighted by Gasteiger charge is -2.10. The van der Waals surface area contributed by atoms with Crippen molar-refractivity contribution in [3.8, 4) is 5.75 Å². The molecule has 0 atom stereocenters. The topological polar surface area (TPSA) is 9.23 Å². The second kappa shape index (κ2) is 5.07. The van der Waals surface area contributed by atoms with E-state index in [-0.39, 0.29) is 0 Å². The Hall–Kier alpha value is -0.763. The van der Waals surface area contributed by atoms with Crippen LogP contribution in [0.5, 0.6) is 5.75 Å².